The highest BCUT2D eigenvalue weighted by molar-refractivity contribution is 5.78. The fourth-order valence-corrected chi connectivity index (χ4v) is 4.71. The molecule has 4 heteroatoms. The van der Waals surface area contributed by atoms with E-state index >= 15 is 0 Å². The van der Waals surface area contributed by atoms with E-state index in [1.807, 2.05) is 30.3 Å². The molecule has 5 atom stereocenters. The lowest BCUT2D eigenvalue weighted by Gasteiger charge is -2.78. The molecule has 0 bridgehead atoms. The summed E-state index contributed by atoms with van der Waals surface area (Å²) in [6, 6.07) is 10.6. The molecule has 5 unspecified atom stereocenters. The fourth-order valence-electron chi connectivity index (χ4n) is 4.71. The molecular weight excluding hydrogens is 266 g/mol. The number of hydrogen-bond donors (Lipinski definition) is 1. The molecule has 1 heterocycles. The van der Waals surface area contributed by atoms with Gasteiger partial charge in [0.15, 0.2) is 0 Å². The summed E-state index contributed by atoms with van der Waals surface area (Å²) in [4.78, 5) is 14.8. The molecule has 1 saturated heterocycles. The van der Waals surface area contributed by atoms with Crippen LogP contribution in [0.1, 0.15) is 30.7 Å². The summed E-state index contributed by atoms with van der Waals surface area (Å²) in [5, 5.41) is 9.55. The van der Waals surface area contributed by atoms with Gasteiger partial charge >= 0.3 is 5.97 Å². The van der Waals surface area contributed by atoms with E-state index in [-0.39, 0.29) is 24.1 Å². The van der Waals surface area contributed by atoms with E-state index < -0.39 is 5.92 Å². The number of aliphatic hydroxyl groups is 1. The van der Waals surface area contributed by atoms with Gasteiger partial charge in [0, 0.05) is 23.9 Å². The third kappa shape index (κ3) is 1.60. The summed E-state index contributed by atoms with van der Waals surface area (Å²) in [5.74, 6) is -0.834. The van der Waals surface area contributed by atoms with Crippen molar-refractivity contribution in [2.45, 2.75) is 43.4 Å². The van der Waals surface area contributed by atoms with Crippen LogP contribution in [0.2, 0.25) is 0 Å². The summed E-state index contributed by atoms with van der Waals surface area (Å²) < 4.78 is 5.78. The van der Waals surface area contributed by atoms with E-state index in [1.165, 1.54) is 12.8 Å². The van der Waals surface area contributed by atoms with E-state index in [2.05, 4.69) is 11.9 Å². The Labute approximate surface area is 124 Å². The Morgan fingerprint density at radius 1 is 1.43 bits per heavy atom. The second-order valence-electron chi connectivity index (χ2n) is 6.66. The zero-order valence-electron chi connectivity index (χ0n) is 12.2. The number of piperidine rings is 2. The van der Waals surface area contributed by atoms with E-state index in [0.29, 0.717) is 12.1 Å². The Morgan fingerprint density at radius 2 is 2.19 bits per heavy atom. The number of hydrogen-bond acceptors (Lipinski definition) is 4. The Morgan fingerprint density at radius 3 is 2.76 bits per heavy atom. The van der Waals surface area contributed by atoms with Crippen molar-refractivity contribution in [3.63, 3.8) is 0 Å². The quantitative estimate of drug-likeness (QED) is 0.854. The summed E-state index contributed by atoms with van der Waals surface area (Å²) in [6.07, 6.45) is 3.41. The summed E-state index contributed by atoms with van der Waals surface area (Å²) in [6.45, 7) is -0.199. The molecule has 21 heavy (non-hydrogen) atoms. The number of esters is 1. The zero-order chi connectivity index (χ0) is 14.6. The van der Waals surface area contributed by atoms with Gasteiger partial charge in [-0.3, -0.25) is 9.69 Å². The minimum absolute atomic E-state index is 0.0581. The van der Waals surface area contributed by atoms with Crippen molar-refractivity contribution in [3.8, 4) is 0 Å². The van der Waals surface area contributed by atoms with Crippen LogP contribution in [0, 0.1) is 5.41 Å². The van der Waals surface area contributed by atoms with Gasteiger partial charge in [-0.2, -0.15) is 0 Å². The van der Waals surface area contributed by atoms with Crippen LogP contribution in [0.3, 0.4) is 0 Å². The maximum atomic E-state index is 12.4. The lowest BCUT2D eigenvalue weighted by molar-refractivity contribution is -0.315. The van der Waals surface area contributed by atoms with Crippen molar-refractivity contribution in [3.05, 3.63) is 35.9 Å². The van der Waals surface area contributed by atoms with Gasteiger partial charge in [-0.1, -0.05) is 30.3 Å². The second-order valence-corrected chi connectivity index (χ2v) is 6.66. The SMILES string of the molecule is CN1C2CCC23C(OC(=O)C(CO)c2ccccc2)CC13. The highest BCUT2D eigenvalue weighted by Gasteiger charge is 2.75. The van der Waals surface area contributed by atoms with Crippen molar-refractivity contribution in [2.75, 3.05) is 13.7 Å². The Balaban J connectivity index is 1.45. The van der Waals surface area contributed by atoms with Crippen LogP contribution in [-0.4, -0.2) is 47.8 Å². The third-order valence-corrected chi connectivity index (χ3v) is 6.04. The average molecular weight is 287 g/mol. The monoisotopic (exact) mass is 287 g/mol. The van der Waals surface area contributed by atoms with Crippen LogP contribution in [0.15, 0.2) is 30.3 Å². The van der Waals surface area contributed by atoms with Crippen molar-refractivity contribution in [2.24, 2.45) is 5.41 Å². The average Bonchev–Trinajstić information content (AvgIpc) is 2.43. The number of rotatable bonds is 4. The van der Waals surface area contributed by atoms with Crippen molar-refractivity contribution >= 4 is 5.97 Å². The number of ether oxygens (including phenoxy) is 1. The van der Waals surface area contributed by atoms with Crippen LogP contribution in [-0.2, 0) is 9.53 Å². The van der Waals surface area contributed by atoms with Gasteiger partial charge in [0.25, 0.3) is 0 Å². The highest BCUT2D eigenvalue weighted by atomic mass is 16.5. The molecule has 4 rings (SSSR count). The molecule has 1 spiro atoms. The number of carbonyl (C=O) groups is 1. The first kappa shape index (κ1) is 13.3. The van der Waals surface area contributed by atoms with Gasteiger partial charge in [0.1, 0.15) is 12.0 Å². The topological polar surface area (TPSA) is 49.8 Å². The number of likely N-dealkylation sites (tertiary alicyclic amines) is 1. The Bertz CT molecular complexity index is 552. The lowest BCUT2D eigenvalue weighted by atomic mass is 9.41. The molecule has 2 aliphatic carbocycles. The molecule has 4 nitrogen and oxygen atoms in total. The van der Waals surface area contributed by atoms with Crippen molar-refractivity contribution in [1.82, 2.24) is 4.90 Å². The number of benzene rings is 1. The van der Waals surface area contributed by atoms with E-state index in [0.717, 1.165) is 12.0 Å². The predicted octanol–water partition coefficient (Wildman–Crippen LogP) is 1.54. The van der Waals surface area contributed by atoms with Crippen molar-refractivity contribution in [1.29, 1.82) is 0 Å². The van der Waals surface area contributed by atoms with Crippen LogP contribution in [0.5, 0.6) is 0 Å². The molecule has 1 N–H and O–H groups in total. The number of carbonyl (C=O) groups excluding carboxylic acids is 1. The second kappa shape index (κ2) is 4.55. The van der Waals surface area contributed by atoms with Gasteiger partial charge in [-0.05, 0) is 25.5 Å². The van der Waals surface area contributed by atoms with Crippen LogP contribution in [0.4, 0.5) is 0 Å². The molecule has 1 aliphatic heterocycles. The van der Waals surface area contributed by atoms with Crippen LogP contribution < -0.4 is 0 Å². The third-order valence-electron chi connectivity index (χ3n) is 6.04. The molecule has 3 aliphatic rings. The summed E-state index contributed by atoms with van der Waals surface area (Å²) in [5.41, 5.74) is 1.08. The maximum Gasteiger partial charge on any atom is 0.316 e. The summed E-state index contributed by atoms with van der Waals surface area (Å²) >= 11 is 0. The lowest BCUT2D eigenvalue weighted by Crippen LogP contribution is -2.86. The van der Waals surface area contributed by atoms with Gasteiger partial charge in [0.05, 0.1) is 6.61 Å². The van der Waals surface area contributed by atoms with E-state index in [1.54, 1.807) is 0 Å². The standard InChI is InChI=1S/C17H21NO3/c1-18-13-7-8-17(13)14(18)9-15(17)21-16(20)12(10-19)11-5-3-2-4-6-11/h2-6,12-15,19H,7-10H2,1H3. The van der Waals surface area contributed by atoms with Gasteiger partial charge in [0.2, 0.25) is 0 Å². The minimum atomic E-state index is -0.557. The normalized spacial score (nSPS) is 38.1. The largest absolute Gasteiger partial charge is 0.461 e. The smallest absolute Gasteiger partial charge is 0.316 e. The number of nitrogens with zero attached hydrogens (tertiary/aromatic N) is 1. The van der Waals surface area contributed by atoms with E-state index in [4.69, 9.17) is 4.74 Å². The molecular formula is C17H21NO3. The molecule has 3 fully saturated rings. The zero-order valence-corrected chi connectivity index (χ0v) is 12.2. The first-order valence-electron chi connectivity index (χ1n) is 7.76. The molecule has 0 aromatic heterocycles. The molecule has 1 aromatic rings. The Kier molecular flexibility index (Phi) is 2.88. The van der Waals surface area contributed by atoms with Crippen LogP contribution in [0.25, 0.3) is 0 Å². The van der Waals surface area contributed by atoms with Gasteiger partial charge in [-0.15, -0.1) is 0 Å². The number of aliphatic hydroxyl groups excluding tert-OH is 1. The fraction of sp³-hybridized carbons (Fsp3) is 0.588. The Hall–Kier alpha value is -1.39. The van der Waals surface area contributed by atoms with Crippen molar-refractivity contribution < 1.29 is 14.6 Å². The van der Waals surface area contributed by atoms with Crippen LogP contribution >= 0.6 is 0 Å². The highest BCUT2D eigenvalue weighted by Crippen LogP contribution is 2.68. The first-order valence-corrected chi connectivity index (χ1v) is 7.76. The maximum absolute atomic E-state index is 12.4. The molecule has 0 amide bonds. The molecule has 112 valence electrons. The van der Waals surface area contributed by atoms with Gasteiger partial charge in [-0.25, -0.2) is 0 Å². The summed E-state index contributed by atoms with van der Waals surface area (Å²) in [7, 11) is 2.17. The molecule has 1 aromatic carbocycles. The first-order chi connectivity index (χ1) is 10.2. The van der Waals surface area contributed by atoms with Gasteiger partial charge < -0.3 is 9.84 Å². The minimum Gasteiger partial charge on any atom is -0.461 e. The predicted molar refractivity (Wildman–Crippen MR) is 77.8 cm³/mol. The van der Waals surface area contributed by atoms with E-state index in [9.17, 15) is 9.90 Å². The molecule has 0 radical (unpaired) electrons. The molecule has 2 saturated carbocycles.